The molecule has 1 heterocycles. The lowest BCUT2D eigenvalue weighted by Gasteiger charge is -2.45. The topological polar surface area (TPSA) is 114 Å². The van der Waals surface area contributed by atoms with Gasteiger partial charge in [0.25, 0.3) is 0 Å². The van der Waals surface area contributed by atoms with Crippen molar-refractivity contribution in [2.24, 2.45) is 17.3 Å². The van der Waals surface area contributed by atoms with Crippen molar-refractivity contribution in [3.05, 3.63) is 0 Å². The summed E-state index contributed by atoms with van der Waals surface area (Å²) in [7, 11) is 0. The standard InChI is InChI=1S/C39H72N2O6/c1-7-9-10-11-12-13-14-15-16-17-18-19-20-22-26-31(25-8-2)34(42)41-39(27-23-21-24-28-39)32(36(44)45)29-40-35(43)33-37(3,4)30-46-38(5,6)47-33/h31-33H,7-30H2,1-6H3,(H,40,43)(H,41,42)(H,44,45). The van der Waals surface area contributed by atoms with Crippen LogP contribution in [-0.4, -0.2) is 53.5 Å². The first-order valence-corrected chi connectivity index (χ1v) is 19.5. The Kier molecular flexibility index (Phi) is 18.9. The molecule has 0 bridgehead atoms. The molecule has 2 rings (SSSR count). The van der Waals surface area contributed by atoms with E-state index in [-0.39, 0.29) is 24.3 Å². The van der Waals surface area contributed by atoms with Crippen LogP contribution in [0.15, 0.2) is 0 Å². The number of carboxylic acids is 1. The molecule has 0 radical (unpaired) electrons. The Labute approximate surface area is 287 Å². The van der Waals surface area contributed by atoms with Crippen molar-refractivity contribution >= 4 is 17.8 Å². The second-order valence-electron chi connectivity index (χ2n) is 15.9. The fraction of sp³-hybridized carbons (Fsp3) is 0.923. The van der Waals surface area contributed by atoms with E-state index in [9.17, 15) is 19.5 Å². The van der Waals surface area contributed by atoms with Gasteiger partial charge in [-0.25, -0.2) is 0 Å². The third-order valence-corrected chi connectivity index (χ3v) is 10.6. The predicted molar refractivity (Wildman–Crippen MR) is 190 cm³/mol. The summed E-state index contributed by atoms with van der Waals surface area (Å²) in [4.78, 5) is 40.0. The number of amides is 2. The summed E-state index contributed by atoms with van der Waals surface area (Å²) in [6.07, 6.45) is 24.0. The van der Waals surface area contributed by atoms with Crippen LogP contribution in [0.1, 0.15) is 183 Å². The number of ether oxygens (including phenoxy) is 2. The number of carbonyl (C=O) groups is 3. The van der Waals surface area contributed by atoms with Gasteiger partial charge in [-0.05, 0) is 39.5 Å². The fourth-order valence-electron chi connectivity index (χ4n) is 7.57. The minimum absolute atomic E-state index is 0.0170. The molecule has 1 saturated heterocycles. The Balaban J connectivity index is 1.87. The van der Waals surface area contributed by atoms with E-state index >= 15 is 0 Å². The molecule has 2 amide bonds. The monoisotopic (exact) mass is 665 g/mol. The quantitative estimate of drug-likeness (QED) is 0.0887. The van der Waals surface area contributed by atoms with Gasteiger partial charge in [0.2, 0.25) is 11.8 Å². The summed E-state index contributed by atoms with van der Waals surface area (Å²) in [5.41, 5.74) is -1.43. The Hall–Kier alpha value is -1.67. The zero-order chi connectivity index (χ0) is 34.8. The molecule has 2 aliphatic rings. The van der Waals surface area contributed by atoms with Crippen LogP contribution in [0.2, 0.25) is 0 Å². The van der Waals surface area contributed by atoms with Gasteiger partial charge in [-0.3, -0.25) is 14.4 Å². The fourth-order valence-corrected chi connectivity index (χ4v) is 7.57. The highest BCUT2D eigenvalue weighted by atomic mass is 16.7. The molecule has 0 spiro atoms. The van der Waals surface area contributed by atoms with Gasteiger partial charge in [0.1, 0.15) is 6.10 Å². The van der Waals surface area contributed by atoms with Crippen molar-refractivity contribution in [3.63, 3.8) is 0 Å². The third kappa shape index (κ3) is 14.8. The van der Waals surface area contributed by atoms with Crippen molar-refractivity contribution in [1.29, 1.82) is 0 Å². The summed E-state index contributed by atoms with van der Waals surface area (Å²) < 4.78 is 11.7. The number of nitrogens with one attached hydrogen (secondary N) is 2. The number of hydrogen-bond acceptors (Lipinski definition) is 5. The Bertz CT molecular complexity index is 913. The van der Waals surface area contributed by atoms with E-state index in [2.05, 4.69) is 24.5 Å². The van der Waals surface area contributed by atoms with Gasteiger partial charge in [-0.2, -0.15) is 0 Å². The van der Waals surface area contributed by atoms with E-state index in [0.29, 0.717) is 19.4 Å². The molecule has 1 aliphatic heterocycles. The van der Waals surface area contributed by atoms with Gasteiger partial charge in [-0.15, -0.1) is 0 Å². The normalized spacial score (nSPS) is 21.4. The minimum atomic E-state index is -0.987. The molecule has 3 N–H and O–H groups in total. The molecule has 8 nitrogen and oxygen atoms in total. The van der Waals surface area contributed by atoms with Crippen LogP contribution in [0.4, 0.5) is 0 Å². The predicted octanol–water partition coefficient (Wildman–Crippen LogP) is 9.09. The van der Waals surface area contributed by atoms with Gasteiger partial charge in [0, 0.05) is 17.9 Å². The molecule has 8 heteroatoms. The van der Waals surface area contributed by atoms with Gasteiger partial charge in [0.05, 0.1) is 18.1 Å². The van der Waals surface area contributed by atoms with E-state index in [1.54, 1.807) is 13.8 Å². The van der Waals surface area contributed by atoms with E-state index < -0.39 is 34.7 Å². The number of unbranched alkanes of at least 4 members (excludes halogenated alkanes) is 13. The summed E-state index contributed by atoms with van der Waals surface area (Å²) >= 11 is 0. The molecule has 2 fully saturated rings. The average Bonchev–Trinajstić information content (AvgIpc) is 3.02. The number of carbonyl (C=O) groups excluding carboxylic acids is 2. The van der Waals surface area contributed by atoms with Crippen LogP contribution in [0.25, 0.3) is 0 Å². The lowest BCUT2D eigenvalue weighted by atomic mass is 9.72. The lowest BCUT2D eigenvalue weighted by Crippen LogP contribution is -2.62. The Morgan fingerprint density at radius 2 is 1.28 bits per heavy atom. The molecular formula is C39H72N2O6. The molecule has 1 saturated carbocycles. The summed E-state index contributed by atoms with van der Waals surface area (Å²) in [5, 5.41) is 16.7. The zero-order valence-electron chi connectivity index (χ0n) is 31.2. The Morgan fingerprint density at radius 3 is 1.79 bits per heavy atom. The highest BCUT2D eigenvalue weighted by molar-refractivity contribution is 5.84. The molecule has 47 heavy (non-hydrogen) atoms. The molecule has 0 aromatic carbocycles. The van der Waals surface area contributed by atoms with Crippen LogP contribution in [-0.2, 0) is 23.9 Å². The van der Waals surface area contributed by atoms with Gasteiger partial charge in [-0.1, -0.05) is 143 Å². The van der Waals surface area contributed by atoms with Crippen molar-refractivity contribution < 1.29 is 29.0 Å². The number of hydrogen-bond donors (Lipinski definition) is 3. The van der Waals surface area contributed by atoms with Crippen LogP contribution in [0, 0.1) is 17.3 Å². The second kappa shape index (κ2) is 21.4. The molecule has 0 aromatic rings. The summed E-state index contributed by atoms with van der Waals surface area (Å²) in [5.74, 6) is -3.27. The largest absolute Gasteiger partial charge is 0.481 e. The van der Waals surface area contributed by atoms with E-state index in [0.717, 1.165) is 51.4 Å². The highest BCUT2D eigenvalue weighted by Crippen LogP contribution is 2.37. The minimum Gasteiger partial charge on any atom is -0.481 e. The molecule has 274 valence electrons. The number of carboxylic acid groups (broad SMARTS) is 1. The maximum absolute atomic E-state index is 13.8. The van der Waals surface area contributed by atoms with E-state index in [4.69, 9.17) is 9.47 Å². The smallest absolute Gasteiger partial charge is 0.310 e. The third-order valence-electron chi connectivity index (χ3n) is 10.6. The average molecular weight is 665 g/mol. The maximum atomic E-state index is 13.8. The first kappa shape index (κ1) is 41.5. The molecule has 1 aliphatic carbocycles. The molecular weight excluding hydrogens is 592 g/mol. The van der Waals surface area contributed by atoms with Gasteiger partial charge < -0.3 is 25.2 Å². The maximum Gasteiger partial charge on any atom is 0.310 e. The Morgan fingerprint density at radius 1 is 0.745 bits per heavy atom. The zero-order valence-corrected chi connectivity index (χ0v) is 31.2. The van der Waals surface area contributed by atoms with Crippen molar-refractivity contribution in [1.82, 2.24) is 10.6 Å². The lowest BCUT2D eigenvalue weighted by molar-refractivity contribution is -0.304. The van der Waals surface area contributed by atoms with Gasteiger partial charge >= 0.3 is 5.97 Å². The van der Waals surface area contributed by atoms with E-state index in [1.807, 2.05) is 13.8 Å². The SMILES string of the molecule is CCCCCCCCCCCCCCCCC(CCC)C(=O)NC1(C(CNC(=O)C2OC(C)(C)OCC2(C)C)C(=O)O)CCCCC1. The second-order valence-corrected chi connectivity index (χ2v) is 15.9. The molecule has 3 unspecified atom stereocenters. The van der Waals surface area contributed by atoms with Crippen molar-refractivity contribution in [2.45, 2.75) is 200 Å². The van der Waals surface area contributed by atoms with Crippen molar-refractivity contribution in [2.75, 3.05) is 13.2 Å². The molecule has 0 aromatic heterocycles. The van der Waals surface area contributed by atoms with Crippen LogP contribution in [0.5, 0.6) is 0 Å². The van der Waals surface area contributed by atoms with Gasteiger partial charge in [0.15, 0.2) is 5.79 Å². The van der Waals surface area contributed by atoms with Crippen molar-refractivity contribution in [3.8, 4) is 0 Å². The highest BCUT2D eigenvalue weighted by Gasteiger charge is 2.48. The summed E-state index contributed by atoms with van der Waals surface area (Å²) in [6.45, 7) is 12.1. The first-order valence-electron chi connectivity index (χ1n) is 19.5. The number of aliphatic carboxylic acids is 1. The van der Waals surface area contributed by atoms with Crippen LogP contribution >= 0.6 is 0 Å². The number of rotatable bonds is 24. The summed E-state index contributed by atoms with van der Waals surface area (Å²) in [6, 6.07) is 0. The van der Waals surface area contributed by atoms with Crippen LogP contribution < -0.4 is 10.6 Å². The van der Waals surface area contributed by atoms with E-state index in [1.165, 1.54) is 77.0 Å². The first-order chi connectivity index (χ1) is 22.4. The van der Waals surface area contributed by atoms with Crippen LogP contribution in [0.3, 0.4) is 0 Å². The molecule has 3 atom stereocenters.